The normalized spacial score (nSPS) is 13.6. The molecule has 1 unspecified atom stereocenters. The van der Waals surface area contributed by atoms with Crippen LogP contribution in [0.3, 0.4) is 0 Å². The summed E-state index contributed by atoms with van der Waals surface area (Å²) in [5.74, 6) is 2.15. The van der Waals surface area contributed by atoms with Crippen molar-refractivity contribution in [2.45, 2.75) is 25.2 Å². The largest absolute Gasteiger partial charge is 0.468 e. The van der Waals surface area contributed by atoms with Crippen LogP contribution < -0.4 is 18.9 Å². The molecule has 1 aliphatic heterocycles. The number of aromatic nitrogens is 5. The number of rotatable bonds is 8. The Hall–Kier alpha value is -4.58. The van der Waals surface area contributed by atoms with E-state index in [1.807, 2.05) is 41.9 Å². The number of aromatic amines is 1. The summed E-state index contributed by atoms with van der Waals surface area (Å²) in [5.41, 5.74) is 2.15. The smallest absolute Gasteiger partial charge is 0.275 e. The third-order valence-corrected chi connectivity index (χ3v) is 8.02. The molecule has 6 rings (SSSR count). The molecule has 39 heavy (non-hydrogen) atoms. The molecular formula is C27H26N6O5S. The minimum absolute atomic E-state index is 0.0977. The third-order valence-electron chi connectivity index (χ3n) is 6.59. The molecule has 0 saturated heterocycles. The van der Waals surface area contributed by atoms with Crippen LogP contribution in [0.2, 0.25) is 0 Å². The van der Waals surface area contributed by atoms with Crippen LogP contribution in [0.4, 0.5) is 5.69 Å². The first-order chi connectivity index (χ1) is 18.8. The SMILES string of the molecule is CC(C)c1ccc(NS(=O)(=O)C(Oc2ccc3c(c2)OCO3)c2cn(C)c3cc(-c4nn[nH]n4)ccc23)cc1. The lowest BCUT2D eigenvalue weighted by molar-refractivity contribution is 0.173. The molecule has 1 atom stereocenters. The zero-order valence-electron chi connectivity index (χ0n) is 21.5. The molecule has 0 spiro atoms. The van der Waals surface area contributed by atoms with Crippen LogP contribution in [0.1, 0.15) is 36.3 Å². The van der Waals surface area contributed by atoms with Gasteiger partial charge in [0.1, 0.15) is 5.75 Å². The van der Waals surface area contributed by atoms with Crippen LogP contribution in [0.15, 0.2) is 66.9 Å². The molecule has 0 radical (unpaired) electrons. The molecule has 11 nitrogen and oxygen atoms in total. The zero-order valence-corrected chi connectivity index (χ0v) is 22.3. The molecule has 1 aliphatic rings. The molecule has 3 heterocycles. The summed E-state index contributed by atoms with van der Waals surface area (Å²) in [5, 5.41) is 14.9. The van der Waals surface area contributed by atoms with Gasteiger partial charge in [0.15, 0.2) is 11.5 Å². The standard InChI is InChI=1S/C27H26N6O5S/c1-16(2)17-4-7-19(8-5-17)30-39(34,35)27(38-20-9-11-24-25(13-20)37-15-36-24)22-14-33(3)23-12-18(6-10-21(22)23)26-28-31-32-29-26/h4-14,16,27,30H,15H2,1-3H3,(H,28,29,31,32). The number of hydrogen-bond acceptors (Lipinski definition) is 8. The van der Waals surface area contributed by atoms with Crippen LogP contribution in [-0.2, 0) is 17.1 Å². The summed E-state index contributed by atoms with van der Waals surface area (Å²) in [6, 6.07) is 17.8. The Morgan fingerprint density at radius 3 is 2.56 bits per heavy atom. The summed E-state index contributed by atoms with van der Waals surface area (Å²) < 4.78 is 49.5. The van der Waals surface area contributed by atoms with Crippen molar-refractivity contribution in [2.24, 2.45) is 7.05 Å². The van der Waals surface area contributed by atoms with E-state index in [1.165, 1.54) is 0 Å². The Bertz CT molecular complexity index is 1750. The predicted molar refractivity (Wildman–Crippen MR) is 145 cm³/mol. The van der Waals surface area contributed by atoms with Gasteiger partial charge < -0.3 is 18.8 Å². The number of nitrogens with zero attached hydrogens (tertiary/aromatic N) is 4. The second-order valence-electron chi connectivity index (χ2n) is 9.55. The quantitative estimate of drug-likeness (QED) is 0.285. The minimum atomic E-state index is -4.10. The van der Waals surface area contributed by atoms with Gasteiger partial charge in [0, 0.05) is 47.0 Å². The molecule has 2 N–H and O–H groups in total. The van der Waals surface area contributed by atoms with Crippen LogP contribution in [0, 0.1) is 0 Å². The topological polar surface area (TPSA) is 133 Å². The maximum absolute atomic E-state index is 13.9. The molecule has 5 aromatic rings. The second kappa shape index (κ2) is 9.62. The number of anilines is 1. The highest BCUT2D eigenvalue weighted by Gasteiger charge is 2.33. The number of aryl methyl sites for hydroxylation is 1. The first-order valence-electron chi connectivity index (χ1n) is 12.3. The molecule has 12 heteroatoms. The van der Waals surface area contributed by atoms with Crippen molar-refractivity contribution in [3.05, 3.63) is 78.0 Å². The number of hydrogen-bond donors (Lipinski definition) is 2. The van der Waals surface area contributed by atoms with Gasteiger partial charge >= 0.3 is 0 Å². The summed E-state index contributed by atoms with van der Waals surface area (Å²) in [4.78, 5) is 0. The van der Waals surface area contributed by atoms with Gasteiger partial charge in [0.25, 0.3) is 10.0 Å². The van der Waals surface area contributed by atoms with Crippen LogP contribution in [-0.4, -0.2) is 40.4 Å². The van der Waals surface area contributed by atoms with E-state index in [4.69, 9.17) is 14.2 Å². The average molecular weight is 547 g/mol. The van der Waals surface area contributed by atoms with E-state index in [2.05, 4.69) is 39.2 Å². The number of ether oxygens (including phenoxy) is 3. The van der Waals surface area contributed by atoms with E-state index in [0.29, 0.717) is 45.6 Å². The van der Waals surface area contributed by atoms with Gasteiger partial charge in [0.05, 0.1) is 0 Å². The number of sulfonamides is 1. The van der Waals surface area contributed by atoms with Crippen molar-refractivity contribution in [1.82, 2.24) is 25.2 Å². The van der Waals surface area contributed by atoms with Gasteiger partial charge in [-0.05, 0) is 47.0 Å². The van der Waals surface area contributed by atoms with Gasteiger partial charge in [-0.3, -0.25) is 4.72 Å². The lowest BCUT2D eigenvalue weighted by Gasteiger charge is -2.21. The number of benzene rings is 3. The van der Waals surface area contributed by atoms with Crippen molar-refractivity contribution < 1.29 is 22.6 Å². The van der Waals surface area contributed by atoms with E-state index in [0.717, 1.165) is 16.6 Å². The molecule has 2 aromatic heterocycles. The highest BCUT2D eigenvalue weighted by molar-refractivity contribution is 7.92. The van der Waals surface area contributed by atoms with Crippen molar-refractivity contribution in [3.63, 3.8) is 0 Å². The predicted octanol–water partition coefficient (Wildman–Crippen LogP) is 4.73. The monoisotopic (exact) mass is 546 g/mol. The van der Waals surface area contributed by atoms with E-state index < -0.39 is 15.5 Å². The van der Waals surface area contributed by atoms with Gasteiger partial charge in [-0.25, -0.2) is 8.42 Å². The number of tetrazole rings is 1. The first kappa shape index (κ1) is 24.7. The van der Waals surface area contributed by atoms with Gasteiger partial charge in [0.2, 0.25) is 18.1 Å². The third kappa shape index (κ3) is 4.74. The average Bonchev–Trinajstić information content (AvgIpc) is 3.68. The van der Waals surface area contributed by atoms with Crippen molar-refractivity contribution >= 4 is 26.6 Å². The first-order valence-corrected chi connectivity index (χ1v) is 13.8. The maximum Gasteiger partial charge on any atom is 0.275 e. The van der Waals surface area contributed by atoms with Crippen molar-refractivity contribution in [1.29, 1.82) is 0 Å². The number of nitrogens with one attached hydrogen (secondary N) is 2. The molecule has 0 amide bonds. The summed E-state index contributed by atoms with van der Waals surface area (Å²) in [6.45, 7) is 4.26. The van der Waals surface area contributed by atoms with E-state index in [1.54, 1.807) is 36.5 Å². The van der Waals surface area contributed by atoms with Crippen molar-refractivity contribution in [2.75, 3.05) is 11.5 Å². The molecule has 0 aliphatic carbocycles. The fraction of sp³-hybridized carbons (Fsp3) is 0.222. The van der Waals surface area contributed by atoms with Crippen LogP contribution in [0.25, 0.3) is 22.3 Å². The lowest BCUT2D eigenvalue weighted by Crippen LogP contribution is -2.25. The Morgan fingerprint density at radius 2 is 1.82 bits per heavy atom. The Balaban J connectivity index is 1.42. The fourth-order valence-corrected chi connectivity index (χ4v) is 5.88. The molecular weight excluding hydrogens is 520 g/mol. The highest BCUT2D eigenvalue weighted by atomic mass is 32.2. The summed E-state index contributed by atoms with van der Waals surface area (Å²) >= 11 is 0. The Labute approximate surface area is 224 Å². The van der Waals surface area contributed by atoms with Gasteiger partial charge in [-0.15, -0.1) is 10.2 Å². The van der Waals surface area contributed by atoms with Crippen LogP contribution >= 0.6 is 0 Å². The minimum Gasteiger partial charge on any atom is -0.468 e. The fourth-order valence-electron chi connectivity index (χ4n) is 4.55. The Kier molecular flexibility index (Phi) is 6.10. The van der Waals surface area contributed by atoms with E-state index >= 15 is 0 Å². The number of fused-ring (bicyclic) bond motifs is 2. The van der Waals surface area contributed by atoms with Crippen LogP contribution in [0.5, 0.6) is 17.2 Å². The summed E-state index contributed by atoms with van der Waals surface area (Å²) in [7, 11) is -2.26. The molecule has 0 bridgehead atoms. The van der Waals surface area contributed by atoms with Gasteiger partial charge in [-0.2, -0.15) is 5.21 Å². The molecule has 3 aromatic carbocycles. The van der Waals surface area contributed by atoms with E-state index in [-0.39, 0.29) is 6.79 Å². The summed E-state index contributed by atoms with van der Waals surface area (Å²) in [6.07, 6.45) is 1.75. The van der Waals surface area contributed by atoms with Gasteiger partial charge in [-0.1, -0.05) is 38.1 Å². The number of H-pyrrole nitrogens is 1. The second-order valence-corrected chi connectivity index (χ2v) is 11.3. The van der Waals surface area contributed by atoms with E-state index in [9.17, 15) is 8.42 Å². The molecule has 0 fully saturated rings. The highest BCUT2D eigenvalue weighted by Crippen LogP contribution is 2.39. The van der Waals surface area contributed by atoms with Crippen molar-refractivity contribution in [3.8, 4) is 28.6 Å². The maximum atomic E-state index is 13.9. The molecule has 0 saturated carbocycles. The lowest BCUT2D eigenvalue weighted by atomic mass is 10.0. The zero-order chi connectivity index (χ0) is 27.1. The molecule has 200 valence electrons. The Morgan fingerprint density at radius 1 is 1.03 bits per heavy atom.